The molecule has 1 atom stereocenters. The van der Waals surface area contributed by atoms with Crippen LogP contribution in [0.3, 0.4) is 0 Å². The van der Waals surface area contributed by atoms with Crippen LogP contribution in [0.25, 0.3) is 0 Å². The monoisotopic (exact) mass is 248 g/mol. The van der Waals surface area contributed by atoms with E-state index in [4.69, 9.17) is 0 Å². The van der Waals surface area contributed by atoms with Crippen LogP contribution in [-0.2, 0) is 0 Å². The quantitative estimate of drug-likeness (QED) is 0.893. The number of pyridine rings is 1. The number of hydrogen-bond acceptors (Lipinski definition) is 3. The van der Waals surface area contributed by atoms with Crippen LogP contribution in [0.4, 0.5) is 5.69 Å². The van der Waals surface area contributed by atoms with Gasteiger partial charge >= 0.3 is 0 Å². The summed E-state index contributed by atoms with van der Waals surface area (Å²) in [6.45, 7) is 8.28. The van der Waals surface area contributed by atoms with Gasteiger partial charge in [0.1, 0.15) is 0 Å². The maximum atomic E-state index is 9.60. The molecule has 0 aromatic carbocycles. The molecule has 0 unspecified atom stereocenters. The third-order valence-corrected chi connectivity index (χ3v) is 3.95. The van der Waals surface area contributed by atoms with E-state index in [0.29, 0.717) is 11.8 Å². The summed E-state index contributed by atoms with van der Waals surface area (Å²) < 4.78 is 0. The lowest BCUT2D eigenvalue weighted by Gasteiger charge is -2.34. The molecule has 3 heteroatoms. The van der Waals surface area contributed by atoms with E-state index < -0.39 is 0 Å². The zero-order valence-electron chi connectivity index (χ0n) is 11.6. The van der Waals surface area contributed by atoms with Crippen LogP contribution in [0.15, 0.2) is 18.3 Å². The number of aliphatic hydroxyl groups is 1. The van der Waals surface area contributed by atoms with Crippen molar-refractivity contribution in [2.24, 2.45) is 5.92 Å². The number of rotatable bonds is 3. The Bertz CT molecular complexity index is 365. The SMILES string of the molecule is CC(C)c1ccc(N2CCC([C@@H](C)O)CC2)cn1. The van der Waals surface area contributed by atoms with Crippen LogP contribution < -0.4 is 4.90 Å². The number of nitrogens with zero attached hydrogens (tertiary/aromatic N) is 2. The van der Waals surface area contributed by atoms with Crippen molar-refractivity contribution in [3.8, 4) is 0 Å². The fourth-order valence-electron chi connectivity index (χ4n) is 2.57. The summed E-state index contributed by atoms with van der Waals surface area (Å²) in [5, 5.41) is 9.60. The molecule has 1 aromatic heterocycles. The van der Waals surface area contributed by atoms with E-state index in [2.05, 4.69) is 35.9 Å². The molecule has 1 N–H and O–H groups in total. The van der Waals surface area contributed by atoms with E-state index in [1.54, 1.807) is 0 Å². The number of hydrogen-bond donors (Lipinski definition) is 1. The fraction of sp³-hybridized carbons (Fsp3) is 0.667. The molecule has 1 fully saturated rings. The van der Waals surface area contributed by atoms with Gasteiger partial charge in [-0.2, -0.15) is 0 Å². The van der Waals surface area contributed by atoms with Crippen molar-refractivity contribution in [2.45, 2.75) is 45.6 Å². The van der Waals surface area contributed by atoms with Crippen LogP contribution in [0.1, 0.15) is 45.2 Å². The molecule has 0 amide bonds. The van der Waals surface area contributed by atoms with E-state index in [1.807, 2.05) is 13.1 Å². The smallest absolute Gasteiger partial charge is 0.0552 e. The van der Waals surface area contributed by atoms with Gasteiger partial charge in [0.2, 0.25) is 0 Å². The number of aromatic nitrogens is 1. The van der Waals surface area contributed by atoms with Crippen molar-refractivity contribution < 1.29 is 5.11 Å². The second kappa shape index (κ2) is 5.70. The van der Waals surface area contributed by atoms with Crippen LogP contribution in [0.5, 0.6) is 0 Å². The van der Waals surface area contributed by atoms with Crippen LogP contribution in [0.2, 0.25) is 0 Å². The Morgan fingerprint density at radius 1 is 1.22 bits per heavy atom. The summed E-state index contributed by atoms with van der Waals surface area (Å²) in [4.78, 5) is 6.89. The Hall–Kier alpha value is -1.09. The third kappa shape index (κ3) is 3.02. The molecule has 0 spiro atoms. The fourth-order valence-corrected chi connectivity index (χ4v) is 2.57. The van der Waals surface area contributed by atoms with E-state index in [0.717, 1.165) is 31.6 Å². The molecule has 0 radical (unpaired) electrons. The minimum atomic E-state index is -0.173. The average Bonchev–Trinajstić information content (AvgIpc) is 2.39. The Balaban J connectivity index is 1.97. The summed E-state index contributed by atoms with van der Waals surface area (Å²) in [5.74, 6) is 0.948. The van der Waals surface area contributed by atoms with Gasteiger partial charge in [0.25, 0.3) is 0 Å². The number of anilines is 1. The summed E-state index contributed by atoms with van der Waals surface area (Å²) in [6, 6.07) is 4.30. The first kappa shape index (κ1) is 13.3. The molecule has 2 rings (SSSR count). The summed E-state index contributed by atoms with van der Waals surface area (Å²) in [6.07, 6.45) is 3.96. The minimum Gasteiger partial charge on any atom is -0.393 e. The van der Waals surface area contributed by atoms with Crippen molar-refractivity contribution in [1.29, 1.82) is 0 Å². The Morgan fingerprint density at radius 3 is 2.33 bits per heavy atom. The molecular weight excluding hydrogens is 224 g/mol. The van der Waals surface area contributed by atoms with Crippen LogP contribution in [0, 0.1) is 5.92 Å². The van der Waals surface area contributed by atoms with Gasteiger partial charge in [-0.25, -0.2) is 0 Å². The Morgan fingerprint density at radius 2 is 1.89 bits per heavy atom. The normalized spacial score (nSPS) is 19.3. The van der Waals surface area contributed by atoms with Gasteiger partial charge in [0.05, 0.1) is 18.0 Å². The van der Waals surface area contributed by atoms with E-state index >= 15 is 0 Å². The topological polar surface area (TPSA) is 36.4 Å². The van der Waals surface area contributed by atoms with Crippen molar-refractivity contribution in [3.05, 3.63) is 24.0 Å². The second-order valence-corrected chi connectivity index (χ2v) is 5.66. The molecule has 1 aliphatic rings. The first-order chi connectivity index (χ1) is 8.58. The first-order valence-corrected chi connectivity index (χ1v) is 6.97. The van der Waals surface area contributed by atoms with Gasteiger partial charge < -0.3 is 10.0 Å². The van der Waals surface area contributed by atoms with Gasteiger partial charge in [-0.05, 0) is 43.7 Å². The lowest BCUT2D eigenvalue weighted by atomic mass is 9.92. The molecule has 1 aliphatic heterocycles. The predicted molar refractivity (Wildman–Crippen MR) is 74.9 cm³/mol. The average molecular weight is 248 g/mol. The zero-order chi connectivity index (χ0) is 13.1. The van der Waals surface area contributed by atoms with Crippen molar-refractivity contribution in [1.82, 2.24) is 4.98 Å². The minimum absolute atomic E-state index is 0.173. The van der Waals surface area contributed by atoms with Crippen LogP contribution >= 0.6 is 0 Å². The molecule has 1 saturated heterocycles. The molecule has 0 bridgehead atoms. The van der Waals surface area contributed by atoms with Gasteiger partial charge in [-0.3, -0.25) is 4.98 Å². The van der Waals surface area contributed by atoms with Gasteiger partial charge in [0.15, 0.2) is 0 Å². The lowest BCUT2D eigenvalue weighted by molar-refractivity contribution is 0.110. The molecule has 100 valence electrons. The summed E-state index contributed by atoms with van der Waals surface area (Å²) >= 11 is 0. The van der Waals surface area contributed by atoms with E-state index in [1.165, 1.54) is 5.69 Å². The maximum absolute atomic E-state index is 9.60. The Labute approximate surface area is 110 Å². The highest BCUT2D eigenvalue weighted by Gasteiger charge is 2.22. The highest BCUT2D eigenvalue weighted by molar-refractivity contribution is 5.45. The predicted octanol–water partition coefficient (Wildman–Crippen LogP) is 2.80. The summed E-state index contributed by atoms with van der Waals surface area (Å²) in [7, 11) is 0. The van der Waals surface area contributed by atoms with E-state index in [-0.39, 0.29) is 6.10 Å². The highest BCUT2D eigenvalue weighted by atomic mass is 16.3. The molecule has 2 heterocycles. The molecule has 0 aliphatic carbocycles. The molecule has 0 saturated carbocycles. The van der Waals surface area contributed by atoms with Crippen molar-refractivity contribution in [2.75, 3.05) is 18.0 Å². The first-order valence-electron chi connectivity index (χ1n) is 6.97. The number of aliphatic hydroxyl groups excluding tert-OH is 1. The third-order valence-electron chi connectivity index (χ3n) is 3.95. The largest absolute Gasteiger partial charge is 0.393 e. The van der Waals surface area contributed by atoms with Crippen molar-refractivity contribution in [3.63, 3.8) is 0 Å². The lowest BCUT2D eigenvalue weighted by Crippen LogP contribution is -2.37. The van der Waals surface area contributed by atoms with Gasteiger partial charge in [-0.15, -0.1) is 0 Å². The highest BCUT2D eigenvalue weighted by Crippen LogP contribution is 2.25. The summed E-state index contributed by atoms with van der Waals surface area (Å²) in [5.41, 5.74) is 2.36. The Kier molecular flexibility index (Phi) is 4.23. The maximum Gasteiger partial charge on any atom is 0.0552 e. The van der Waals surface area contributed by atoms with Crippen molar-refractivity contribution >= 4 is 5.69 Å². The standard InChI is InChI=1S/C15H24N2O/c1-11(2)15-5-4-14(10-16-15)17-8-6-13(7-9-17)12(3)18/h4-5,10-13,18H,6-9H2,1-3H3/t12-/m1/s1. The van der Waals surface area contributed by atoms with Gasteiger partial charge in [-0.1, -0.05) is 13.8 Å². The van der Waals surface area contributed by atoms with E-state index in [9.17, 15) is 5.11 Å². The molecular formula is C15H24N2O. The van der Waals surface area contributed by atoms with Gasteiger partial charge in [0, 0.05) is 18.8 Å². The van der Waals surface area contributed by atoms with Crippen LogP contribution in [-0.4, -0.2) is 29.3 Å². The second-order valence-electron chi connectivity index (χ2n) is 5.66. The molecule has 18 heavy (non-hydrogen) atoms. The number of piperidine rings is 1. The zero-order valence-corrected chi connectivity index (χ0v) is 11.6. The molecule has 3 nitrogen and oxygen atoms in total. The molecule has 1 aromatic rings.